The van der Waals surface area contributed by atoms with E-state index in [0.29, 0.717) is 5.56 Å². The van der Waals surface area contributed by atoms with Crippen LogP contribution in [0, 0.1) is 17.0 Å². The average Bonchev–Trinajstić information content (AvgIpc) is 3.17. The summed E-state index contributed by atoms with van der Waals surface area (Å²) in [5.74, 6) is -0.0688. The van der Waals surface area contributed by atoms with E-state index in [1.54, 1.807) is 6.92 Å². The van der Waals surface area contributed by atoms with Crippen molar-refractivity contribution in [2.45, 2.75) is 31.5 Å². The first-order chi connectivity index (χ1) is 16.8. The van der Waals surface area contributed by atoms with Crippen LogP contribution in [0.15, 0.2) is 60.7 Å². The molecule has 0 spiro atoms. The Hall–Kier alpha value is -3.95. The number of hydrogen-bond acceptors (Lipinski definition) is 7. The van der Waals surface area contributed by atoms with E-state index in [1.807, 2.05) is 36.4 Å². The van der Waals surface area contributed by atoms with Gasteiger partial charge in [-0.15, -0.1) is 0 Å². The minimum Gasteiger partial charge on any atom is -0.449 e. The van der Waals surface area contributed by atoms with Crippen molar-refractivity contribution in [3.05, 3.63) is 93.0 Å². The standard InChI is InChI=1S/C26H27N3O6/c1-15-12-16(29(33)34)13-21(24(15)27)25(31)23(30)10-11-28-26(32)35-14-22-19-8-4-2-6-17(19)18-7-3-5-9-20(18)22/h2-9,12-13,22-23,25,30-31H,10-11,14,27H2,1H3,(H,28,32). The molecule has 1 amide bonds. The number of nitrogens with two attached hydrogens (primary N) is 1. The fraction of sp³-hybridized carbons (Fsp3) is 0.269. The molecule has 0 saturated carbocycles. The Labute approximate surface area is 202 Å². The largest absolute Gasteiger partial charge is 0.449 e. The number of nitro benzene ring substituents is 1. The van der Waals surface area contributed by atoms with E-state index in [0.717, 1.165) is 28.3 Å². The molecule has 0 bridgehead atoms. The van der Waals surface area contributed by atoms with Crippen molar-refractivity contribution in [2.24, 2.45) is 0 Å². The summed E-state index contributed by atoms with van der Waals surface area (Å²) in [6.45, 7) is 1.78. The lowest BCUT2D eigenvalue weighted by atomic mass is 9.97. The molecular weight excluding hydrogens is 450 g/mol. The molecule has 1 aliphatic rings. The van der Waals surface area contributed by atoms with E-state index in [1.165, 1.54) is 6.07 Å². The van der Waals surface area contributed by atoms with Gasteiger partial charge in [-0.1, -0.05) is 48.5 Å². The lowest BCUT2D eigenvalue weighted by molar-refractivity contribution is -0.385. The number of amides is 1. The van der Waals surface area contributed by atoms with E-state index in [4.69, 9.17) is 10.5 Å². The number of alkyl carbamates (subject to hydrolysis) is 1. The molecule has 5 N–H and O–H groups in total. The molecule has 182 valence electrons. The lowest BCUT2D eigenvalue weighted by Gasteiger charge is -2.20. The molecule has 1 aliphatic carbocycles. The maximum atomic E-state index is 12.3. The number of benzene rings is 3. The van der Waals surface area contributed by atoms with Crippen LogP contribution in [0.3, 0.4) is 0 Å². The molecule has 4 rings (SSSR count). The number of anilines is 1. The molecule has 0 aliphatic heterocycles. The number of hydrogen-bond donors (Lipinski definition) is 4. The summed E-state index contributed by atoms with van der Waals surface area (Å²) in [6.07, 6.45) is -3.39. The Morgan fingerprint density at radius 2 is 1.71 bits per heavy atom. The van der Waals surface area contributed by atoms with Crippen molar-refractivity contribution >= 4 is 17.5 Å². The summed E-state index contributed by atoms with van der Waals surface area (Å²) in [6, 6.07) is 18.5. The minimum atomic E-state index is -1.45. The first kappa shape index (κ1) is 24.2. The molecule has 3 aromatic carbocycles. The summed E-state index contributed by atoms with van der Waals surface area (Å²) in [7, 11) is 0. The Morgan fingerprint density at radius 3 is 2.31 bits per heavy atom. The third-order valence-corrected chi connectivity index (χ3v) is 6.35. The Kier molecular flexibility index (Phi) is 6.99. The number of carbonyl (C=O) groups excluding carboxylic acids is 1. The number of fused-ring (bicyclic) bond motifs is 3. The summed E-state index contributed by atoms with van der Waals surface area (Å²) in [4.78, 5) is 22.8. The smallest absolute Gasteiger partial charge is 0.407 e. The molecular formula is C26H27N3O6. The number of nitrogens with zero attached hydrogens (tertiary/aromatic N) is 1. The number of aliphatic hydroxyl groups is 2. The van der Waals surface area contributed by atoms with Crippen LogP contribution in [0.5, 0.6) is 0 Å². The van der Waals surface area contributed by atoms with Gasteiger partial charge in [-0.2, -0.15) is 0 Å². The maximum Gasteiger partial charge on any atom is 0.407 e. The van der Waals surface area contributed by atoms with Crippen LogP contribution in [-0.2, 0) is 4.74 Å². The SMILES string of the molecule is Cc1cc([N+](=O)[O-])cc(C(O)C(O)CCNC(=O)OCC2c3ccccc3-c3ccccc32)c1N. The van der Waals surface area contributed by atoms with Gasteiger partial charge < -0.3 is 26.0 Å². The third kappa shape index (κ3) is 4.96. The van der Waals surface area contributed by atoms with Crippen molar-refractivity contribution in [1.29, 1.82) is 0 Å². The van der Waals surface area contributed by atoms with Crippen LogP contribution in [0.25, 0.3) is 11.1 Å². The predicted molar refractivity (Wildman–Crippen MR) is 131 cm³/mol. The first-order valence-electron chi connectivity index (χ1n) is 11.3. The quantitative estimate of drug-likeness (QED) is 0.219. The second-order valence-electron chi connectivity index (χ2n) is 8.58. The van der Waals surface area contributed by atoms with E-state index >= 15 is 0 Å². The number of nitro groups is 1. The summed E-state index contributed by atoms with van der Waals surface area (Å²) in [5, 5.41) is 34.6. The van der Waals surface area contributed by atoms with Gasteiger partial charge in [0.05, 0.1) is 11.0 Å². The summed E-state index contributed by atoms with van der Waals surface area (Å²) in [5.41, 5.74) is 10.9. The number of aliphatic hydroxyl groups excluding tert-OH is 2. The lowest BCUT2D eigenvalue weighted by Crippen LogP contribution is -2.31. The number of nitrogen functional groups attached to an aromatic ring is 1. The van der Waals surface area contributed by atoms with Crippen LogP contribution in [0.2, 0.25) is 0 Å². The van der Waals surface area contributed by atoms with Gasteiger partial charge in [0.15, 0.2) is 0 Å². The van der Waals surface area contributed by atoms with E-state index in [2.05, 4.69) is 17.4 Å². The van der Waals surface area contributed by atoms with Crippen molar-refractivity contribution in [1.82, 2.24) is 5.32 Å². The first-order valence-corrected chi connectivity index (χ1v) is 11.3. The number of ether oxygens (including phenoxy) is 1. The highest BCUT2D eigenvalue weighted by atomic mass is 16.6. The zero-order chi connectivity index (χ0) is 25.1. The highest BCUT2D eigenvalue weighted by molar-refractivity contribution is 5.79. The van der Waals surface area contributed by atoms with Gasteiger partial charge in [0, 0.05) is 35.8 Å². The highest BCUT2D eigenvalue weighted by Crippen LogP contribution is 2.44. The molecule has 0 fully saturated rings. The topological polar surface area (TPSA) is 148 Å². The highest BCUT2D eigenvalue weighted by Gasteiger charge is 2.29. The molecule has 35 heavy (non-hydrogen) atoms. The second-order valence-corrected chi connectivity index (χ2v) is 8.58. The number of nitrogens with one attached hydrogen (secondary N) is 1. The van der Waals surface area contributed by atoms with Crippen LogP contribution in [-0.4, -0.2) is 40.5 Å². The molecule has 2 atom stereocenters. The van der Waals surface area contributed by atoms with Crippen molar-refractivity contribution in [3.8, 4) is 11.1 Å². The van der Waals surface area contributed by atoms with E-state index in [-0.39, 0.29) is 42.4 Å². The second kappa shape index (κ2) is 10.1. The summed E-state index contributed by atoms with van der Waals surface area (Å²) >= 11 is 0. The van der Waals surface area contributed by atoms with Gasteiger partial charge in [-0.3, -0.25) is 10.1 Å². The number of carbonyl (C=O) groups is 1. The average molecular weight is 478 g/mol. The van der Waals surface area contributed by atoms with Gasteiger partial charge in [-0.05, 0) is 41.2 Å². The Morgan fingerprint density at radius 1 is 1.11 bits per heavy atom. The minimum absolute atomic E-state index is 0.00740. The monoisotopic (exact) mass is 477 g/mol. The van der Waals surface area contributed by atoms with Crippen molar-refractivity contribution in [2.75, 3.05) is 18.9 Å². The number of non-ortho nitro benzene ring substituents is 1. The van der Waals surface area contributed by atoms with Crippen LogP contribution >= 0.6 is 0 Å². The van der Waals surface area contributed by atoms with E-state index in [9.17, 15) is 25.1 Å². The molecule has 3 aromatic rings. The maximum absolute atomic E-state index is 12.3. The molecule has 2 unspecified atom stereocenters. The third-order valence-electron chi connectivity index (χ3n) is 6.35. The molecule has 9 nitrogen and oxygen atoms in total. The predicted octanol–water partition coefficient (Wildman–Crippen LogP) is 3.81. The van der Waals surface area contributed by atoms with Gasteiger partial charge in [-0.25, -0.2) is 4.79 Å². The van der Waals surface area contributed by atoms with Crippen molar-refractivity contribution in [3.63, 3.8) is 0 Å². The Bertz CT molecular complexity index is 1220. The zero-order valence-electron chi connectivity index (χ0n) is 19.2. The Balaban J connectivity index is 1.31. The van der Waals surface area contributed by atoms with Crippen LogP contribution < -0.4 is 11.1 Å². The zero-order valence-corrected chi connectivity index (χ0v) is 19.2. The van der Waals surface area contributed by atoms with Crippen molar-refractivity contribution < 1.29 is 24.7 Å². The van der Waals surface area contributed by atoms with Gasteiger partial charge in [0.2, 0.25) is 0 Å². The van der Waals surface area contributed by atoms with Gasteiger partial charge >= 0.3 is 6.09 Å². The van der Waals surface area contributed by atoms with Crippen LogP contribution in [0.1, 0.15) is 40.7 Å². The molecule has 0 aromatic heterocycles. The fourth-order valence-electron chi connectivity index (χ4n) is 4.49. The molecule has 0 saturated heterocycles. The van der Waals surface area contributed by atoms with Gasteiger partial charge in [0.25, 0.3) is 5.69 Å². The molecule has 0 heterocycles. The molecule has 9 heteroatoms. The number of rotatable bonds is 8. The molecule has 0 radical (unpaired) electrons. The van der Waals surface area contributed by atoms with E-state index < -0.39 is 23.2 Å². The van der Waals surface area contributed by atoms with Crippen LogP contribution in [0.4, 0.5) is 16.2 Å². The fourth-order valence-corrected chi connectivity index (χ4v) is 4.49. The summed E-state index contributed by atoms with van der Waals surface area (Å²) < 4.78 is 5.45. The number of aryl methyl sites for hydroxylation is 1. The van der Waals surface area contributed by atoms with Gasteiger partial charge in [0.1, 0.15) is 12.7 Å². The normalized spacial score (nSPS) is 14.0.